The van der Waals surface area contributed by atoms with Crippen LogP contribution in [0.2, 0.25) is 5.02 Å². The zero-order valence-electron chi connectivity index (χ0n) is 20.2. The first-order valence-corrected chi connectivity index (χ1v) is 14.5. The molecule has 11 heteroatoms. The normalized spacial score (nSPS) is 24.5. The maximum absolute atomic E-state index is 12.0. The van der Waals surface area contributed by atoms with E-state index in [0.717, 1.165) is 22.5 Å². The van der Waals surface area contributed by atoms with Crippen LogP contribution in [0, 0.1) is 0 Å². The van der Waals surface area contributed by atoms with Crippen LogP contribution < -0.4 is 0 Å². The molecule has 0 aliphatic carbocycles. The molecule has 1 N–H and O–H groups in total. The molecule has 0 unspecified atom stereocenters. The van der Waals surface area contributed by atoms with Crippen LogP contribution in [-0.2, 0) is 30.4 Å². The Hall–Kier alpha value is -2.89. The molecule has 0 bridgehead atoms. The fourth-order valence-corrected chi connectivity index (χ4v) is 5.61. The Balaban J connectivity index is 1.19. The van der Waals surface area contributed by atoms with E-state index in [2.05, 4.69) is 14.3 Å². The molecule has 5 heterocycles. The average Bonchev–Trinajstić information content (AvgIpc) is 3.54. The molecule has 2 fully saturated rings. The van der Waals surface area contributed by atoms with Crippen LogP contribution in [0.3, 0.4) is 0 Å². The van der Waals surface area contributed by atoms with Crippen molar-refractivity contribution in [3.8, 4) is 22.5 Å². The lowest BCUT2D eigenvalue weighted by Crippen LogP contribution is -2.34. The van der Waals surface area contributed by atoms with Crippen molar-refractivity contribution in [2.45, 2.75) is 30.8 Å². The van der Waals surface area contributed by atoms with Gasteiger partial charge in [-0.15, -0.1) is 0 Å². The summed E-state index contributed by atoms with van der Waals surface area (Å²) < 4.78 is 33.7. The number of hydrogen-bond acceptors (Lipinski definition) is 9. The van der Waals surface area contributed by atoms with Crippen LogP contribution >= 0.6 is 11.6 Å². The molecule has 1 aromatic carbocycles. The number of hydrogen-bond donors (Lipinski definition) is 1. The highest BCUT2D eigenvalue weighted by Crippen LogP contribution is 2.37. The lowest BCUT2D eigenvalue weighted by molar-refractivity contribution is 0.00558. The highest BCUT2D eigenvalue weighted by atomic mass is 35.5. The largest absolute Gasteiger partial charge is 0.472 e. The molecule has 3 aliphatic rings. The van der Waals surface area contributed by atoms with E-state index in [9.17, 15) is 9.32 Å². The van der Waals surface area contributed by atoms with E-state index in [-0.39, 0.29) is 24.9 Å². The minimum absolute atomic E-state index is 0.247. The van der Waals surface area contributed by atoms with E-state index in [1.807, 2.05) is 30.3 Å². The lowest BCUT2D eigenvalue weighted by atomic mass is 10.1. The highest BCUT2D eigenvalue weighted by molar-refractivity contribution is 7.92. The van der Waals surface area contributed by atoms with Gasteiger partial charge >= 0.3 is 0 Å². The van der Waals surface area contributed by atoms with Crippen molar-refractivity contribution in [1.29, 1.82) is 0 Å². The number of halogens is 1. The number of pyridine rings is 2. The van der Waals surface area contributed by atoms with Gasteiger partial charge < -0.3 is 19.3 Å². The first kappa shape index (κ1) is 24.4. The maximum Gasteiger partial charge on any atom is 0.195 e. The Morgan fingerprint density at radius 3 is 2.62 bits per heavy atom. The summed E-state index contributed by atoms with van der Waals surface area (Å²) >= 11 is 6.60. The van der Waals surface area contributed by atoms with Crippen LogP contribution in [0.4, 0.5) is 11.4 Å². The number of aliphatic hydroxyl groups is 1. The fraction of sp³-hybridized carbons (Fsp3) is 0.346. The second kappa shape index (κ2) is 9.45. The second-order valence-electron chi connectivity index (χ2n) is 9.54. The Morgan fingerprint density at radius 1 is 1.08 bits per heavy atom. The smallest absolute Gasteiger partial charge is 0.195 e. The van der Waals surface area contributed by atoms with E-state index < -0.39 is 15.8 Å². The molecule has 192 valence electrons. The van der Waals surface area contributed by atoms with Crippen molar-refractivity contribution in [1.82, 2.24) is 9.97 Å². The van der Waals surface area contributed by atoms with Crippen molar-refractivity contribution < 1.29 is 23.5 Å². The molecule has 0 saturated carbocycles. The van der Waals surface area contributed by atoms with Gasteiger partial charge in [0.05, 0.1) is 53.1 Å². The number of aliphatic hydroxyl groups excluding tert-OH is 1. The molecule has 2 saturated heterocycles. The zero-order valence-corrected chi connectivity index (χ0v) is 21.8. The number of rotatable bonds is 4. The quantitative estimate of drug-likeness (QED) is 0.532. The van der Waals surface area contributed by atoms with Gasteiger partial charge in [-0.1, -0.05) is 35.9 Å². The molecule has 9 nitrogen and oxygen atoms in total. The number of ether oxygens (including phenoxy) is 3. The number of nitrogens with zero attached hydrogens (tertiary/aromatic N) is 4. The fourth-order valence-electron chi connectivity index (χ4n) is 4.74. The molecule has 2 aromatic heterocycles. The minimum atomic E-state index is -2.26. The van der Waals surface area contributed by atoms with Gasteiger partial charge in [0.25, 0.3) is 0 Å². The average molecular weight is 541 g/mol. The summed E-state index contributed by atoms with van der Waals surface area (Å²) in [5, 5.41) is 10.4. The Morgan fingerprint density at radius 2 is 1.84 bits per heavy atom. The van der Waals surface area contributed by atoms with Crippen LogP contribution in [0.25, 0.3) is 22.5 Å². The number of fused-ring (bicyclic) bond motifs is 2. The molecule has 4 atom stereocenters. The molecule has 0 spiro atoms. The van der Waals surface area contributed by atoms with E-state index in [4.69, 9.17) is 30.8 Å². The standard InChI is InChI=1S/C26H25ClN4O5S/c1-37(2,33)31-16-7-8-28-18(9-16)14-3-5-15(6-4-14)24-17(27)10-19-20(30-24)11-23(29-19)36-22-13-35-25-21(32)12-34-26(22)25/h3-10,21-22,25-26,32H,11-13H2,1-2H3/t21-,22-,25-,26-/m1/s1. The Kier molecular flexibility index (Phi) is 6.24. The van der Waals surface area contributed by atoms with Crippen molar-refractivity contribution in [2.24, 2.45) is 9.36 Å². The van der Waals surface area contributed by atoms with Gasteiger partial charge in [0.1, 0.15) is 18.3 Å². The Labute approximate surface area is 219 Å². The lowest BCUT2D eigenvalue weighted by Gasteiger charge is -2.17. The summed E-state index contributed by atoms with van der Waals surface area (Å²) in [5.41, 5.74) is 5.22. The van der Waals surface area contributed by atoms with E-state index in [0.29, 0.717) is 41.0 Å². The zero-order chi connectivity index (χ0) is 25.7. The molecular formula is C26H25ClN4O5S. The third-order valence-electron chi connectivity index (χ3n) is 6.39. The van der Waals surface area contributed by atoms with E-state index in [1.165, 1.54) is 0 Å². The predicted octanol–water partition coefficient (Wildman–Crippen LogP) is 3.95. The third kappa shape index (κ3) is 4.99. The van der Waals surface area contributed by atoms with Crippen molar-refractivity contribution in [3.05, 3.63) is 59.4 Å². The third-order valence-corrected chi connectivity index (χ3v) is 7.33. The predicted molar refractivity (Wildman–Crippen MR) is 141 cm³/mol. The number of aliphatic imine (C=N–C) groups is 1. The van der Waals surface area contributed by atoms with Crippen molar-refractivity contribution in [3.63, 3.8) is 0 Å². The first-order valence-electron chi connectivity index (χ1n) is 11.8. The van der Waals surface area contributed by atoms with E-state index >= 15 is 0 Å². The van der Waals surface area contributed by atoms with Gasteiger partial charge in [-0.25, -0.2) is 14.2 Å². The summed E-state index contributed by atoms with van der Waals surface area (Å²) in [6.07, 6.45) is 3.69. The summed E-state index contributed by atoms with van der Waals surface area (Å²) in [5.74, 6) is 0.532. The monoisotopic (exact) mass is 540 g/mol. The maximum atomic E-state index is 12.0. The van der Waals surface area contributed by atoms with Gasteiger partial charge in [-0.3, -0.25) is 4.98 Å². The highest BCUT2D eigenvalue weighted by Gasteiger charge is 2.49. The van der Waals surface area contributed by atoms with E-state index in [1.54, 1.807) is 30.8 Å². The SMILES string of the molecule is CS(C)(=O)=Nc1ccnc(-c2ccc(-c3nc4c(cc3Cl)N=C(O[C@@H]3CO[C@H]5[C@@H]3OC[C@H]5O)C4)cc2)c1. The molecular weight excluding hydrogens is 516 g/mol. The summed E-state index contributed by atoms with van der Waals surface area (Å²) in [4.78, 5) is 13.8. The summed E-state index contributed by atoms with van der Waals surface area (Å²) in [6.45, 7) is 0.590. The molecule has 0 radical (unpaired) electrons. The van der Waals surface area contributed by atoms with Gasteiger partial charge in [0.2, 0.25) is 0 Å². The first-order chi connectivity index (χ1) is 17.7. The number of benzene rings is 1. The summed E-state index contributed by atoms with van der Waals surface area (Å²) in [6, 6.07) is 13.1. The molecule has 6 rings (SSSR count). The summed E-state index contributed by atoms with van der Waals surface area (Å²) in [7, 11) is -2.26. The second-order valence-corrected chi connectivity index (χ2v) is 12.5. The van der Waals surface area contributed by atoms with Gasteiger partial charge in [-0.05, 0) is 18.2 Å². The van der Waals surface area contributed by atoms with Crippen LogP contribution in [0.1, 0.15) is 5.69 Å². The van der Waals surface area contributed by atoms with Crippen LogP contribution in [0.15, 0.2) is 58.0 Å². The molecule has 3 aliphatic heterocycles. The Bertz CT molecular complexity index is 1510. The van der Waals surface area contributed by atoms with Gasteiger partial charge in [-0.2, -0.15) is 4.36 Å². The van der Waals surface area contributed by atoms with Crippen molar-refractivity contribution >= 4 is 38.6 Å². The van der Waals surface area contributed by atoms with Crippen LogP contribution in [0.5, 0.6) is 0 Å². The minimum Gasteiger partial charge on any atom is -0.472 e. The molecule has 37 heavy (non-hydrogen) atoms. The molecule has 0 amide bonds. The van der Waals surface area contributed by atoms with Gasteiger partial charge in [0.15, 0.2) is 12.0 Å². The van der Waals surface area contributed by atoms with Crippen molar-refractivity contribution in [2.75, 3.05) is 25.7 Å². The topological polar surface area (TPSA) is 115 Å². The number of aromatic nitrogens is 2. The van der Waals surface area contributed by atoms with Crippen LogP contribution in [-0.4, -0.2) is 75.3 Å². The van der Waals surface area contributed by atoms with Gasteiger partial charge in [0, 0.05) is 39.6 Å². The molecule has 3 aromatic rings.